The smallest absolute Gasteiger partial charge is 0.157 e. The number of piperidine rings is 1. The Hall–Kier alpha value is -1.22. The van der Waals surface area contributed by atoms with Crippen LogP contribution in [0.2, 0.25) is 0 Å². The monoisotopic (exact) mass is 247 g/mol. The summed E-state index contributed by atoms with van der Waals surface area (Å²) in [6, 6.07) is 3.58. The van der Waals surface area contributed by atoms with Crippen molar-refractivity contribution < 1.29 is 10.2 Å². The average Bonchev–Trinajstić information content (AvgIpc) is 2.36. The number of hydrogen-bond donors (Lipinski definition) is 2. The van der Waals surface area contributed by atoms with Gasteiger partial charge in [-0.25, -0.2) is 0 Å². The van der Waals surface area contributed by atoms with Gasteiger partial charge in [0.1, 0.15) is 0 Å². The summed E-state index contributed by atoms with van der Waals surface area (Å²) in [5.41, 5.74) is 2.77. The SMILES string of the molecule is CN1CCC2(CCCc3cc(O)c(O)cc32)CC1. The predicted octanol–water partition coefficient (Wildman–Crippen LogP) is 2.40. The maximum atomic E-state index is 9.78. The maximum absolute atomic E-state index is 9.78. The second kappa shape index (κ2) is 4.16. The molecule has 18 heavy (non-hydrogen) atoms. The molecule has 0 unspecified atom stereocenters. The fourth-order valence-electron chi connectivity index (χ4n) is 3.64. The lowest BCUT2D eigenvalue weighted by atomic mass is 9.65. The lowest BCUT2D eigenvalue weighted by Gasteiger charge is -2.44. The molecule has 2 aliphatic rings. The summed E-state index contributed by atoms with van der Waals surface area (Å²) in [7, 11) is 2.17. The highest BCUT2D eigenvalue weighted by Crippen LogP contribution is 2.47. The summed E-state index contributed by atoms with van der Waals surface area (Å²) < 4.78 is 0. The summed E-state index contributed by atoms with van der Waals surface area (Å²) in [6.07, 6.45) is 5.78. The van der Waals surface area contributed by atoms with Crippen LogP contribution < -0.4 is 0 Å². The highest BCUT2D eigenvalue weighted by atomic mass is 16.3. The molecule has 1 fully saturated rings. The van der Waals surface area contributed by atoms with Gasteiger partial charge in [-0.2, -0.15) is 0 Å². The Morgan fingerprint density at radius 1 is 1.06 bits per heavy atom. The zero-order chi connectivity index (χ0) is 12.8. The molecule has 1 aliphatic heterocycles. The van der Waals surface area contributed by atoms with Crippen LogP contribution in [0.15, 0.2) is 12.1 Å². The predicted molar refractivity (Wildman–Crippen MR) is 71.1 cm³/mol. The van der Waals surface area contributed by atoms with Gasteiger partial charge in [-0.15, -0.1) is 0 Å². The zero-order valence-electron chi connectivity index (χ0n) is 10.9. The van der Waals surface area contributed by atoms with E-state index in [1.165, 1.54) is 36.8 Å². The number of likely N-dealkylation sites (tertiary alicyclic amines) is 1. The third kappa shape index (κ3) is 1.77. The van der Waals surface area contributed by atoms with Crippen molar-refractivity contribution in [3.8, 4) is 11.5 Å². The Labute approximate surface area is 108 Å². The first kappa shape index (κ1) is 11.8. The molecular weight excluding hydrogens is 226 g/mol. The van der Waals surface area contributed by atoms with E-state index in [1.54, 1.807) is 6.07 Å². The standard InChI is InChI=1S/C15H21NO2/c1-16-7-5-15(6-8-16)4-2-3-11-9-13(17)14(18)10-12(11)15/h9-10,17-18H,2-8H2,1H3. The van der Waals surface area contributed by atoms with Gasteiger partial charge in [-0.3, -0.25) is 0 Å². The van der Waals surface area contributed by atoms with E-state index in [2.05, 4.69) is 11.9 Å². The summed E-state index contributed by atoms with van der Waals surface area (Å²) in [6.45, 7) is 2.25. The molecule has 1 aromatic rings. The van der Waals surface area contributed by atoms with Gasteiger partial charge >= 0.3 is 0 Å². The lowest BCUT2D eigenvalue weighted by Crippen LogP contribution is -2.42. The minimum absolute atomic E-state index is 0.0266. The van der Waals surface area contributed by atoms with E-state index in [0.29, 0.717) is 0 Å². The van der Waals surface area contributed by atoms with Gasteiger partial charge in [-0.1, -0.05) is 0 Å². The van der Waals surface area contributed by atoms with Crippen LogP contribution in [0.4, 0.5) is 0 Å². The largest absolute Gasteiger partial charge is 0.504 e. The fourth-order valence-corrected chi connectivity index (χ4v) is 3.64. The summed E-state index contributed by atoms with van der Waals surface area (Å²) >= 11 is 0. The summed E-state index contributed by atoms with van der Waals surface area (Å²) in [5, 5.41) is 19.4. The van der Waals surface area contributed by atoms with Gasteiger partial charge < -0.3 is 15.1 Å². The molecule has 0 atom stereocenters. The zero-order valence-corrected chi connectivity index (χ0v) is 10.9. The van der Waals surface area contributed by atoms with Crippen molar-refractivity contribution in [1.29, 1.82) is 0 Å². The molecule has 1 aromatic carbocycles. The number of nitrogens with zero attached hydrogens (tertiary/aromatic N) is 1. The highest BCUT2D eigenvalue weighted by molar-refractivity contribution is 5.49. The number of aromatic hydroxyl groups is 2. The van der Waals surface area contributed by atoms with Crippen LogP contribution in [0.25, 0.3) is 0 Å². The molecule has 98 valence electrons. The summed E-state index contributed by atoms with van der Waals surface area (Å²) in [5.74, 6) is 0.0627. The van der Waals surface area contributed by atoms with Gasteiger partial charge in [0.2, 0.25) is 0 Å². The van der Waals surface area contributed by atoms with Gasteiger partial charge in [0.15, 0.2) is 11.5 Å². The number of hydrogen-bond acceptors (Lipinski definition) is 3. The van der Waals surface area contributed by atoms with Crippen LogP contribution in [0.3, 0.4) is 0 Å². The Morgan fingerprint density at radius 3 is 2.44 bits per heavy atom. The van der Waals surface area contributed by atoms with E-state index >= 15 is 0 Å². The van der Waals surface area contributed by atoms with Crippen LogP contribution in [-0.2, 0) is 11.8 Å². The first-order valence-corrected chi connectivity index (χ1v) is 6.85. The van der Waals surface area contributed by atoms with E-state index in [9.17, 15) is 10.2 Å². The van der Waals surface area contributed by atoms with Crippen LogP contribution in [-0.4, -0.2) is 35.3 Å². The number of phenols is 2. The minimum atomic E-state index is 0.0266. The Morgan fingerprint density at radius 2 is 1.72 bits per heavy atom. The van der Waals surface area contributed by atoms with Crippen molar-refractivity contribution in [3.05, 3.63) is 23.3 Å². The Bertz CT molecular complexity index is 462. The third-order valence-corrected chi connectivity index (χ3v) is 4.82. The van der Waals surface area contributed by atoms with Crippen LogP contribution >= 0.6 is 0 Å². The second-order valence-electron chi connectivity index (χ2n) is 5.94. The Balaban J connectivity index is 2.03. The maximum Gasteiger partial charge on any atom is 0.157 e. The van der Waals surface area contributed by atoms with Gasteiger partial charge in [0.05, 0.1) is 0 Å². The van der Waals surface area contributed by atoms with Gasteiger partial charge in [0.25, 0.3) is 0 Å². The van der Waals surface area contributed by atoms with Gasteiger partial charge in [-0.05, 0) is 80.9 Å². The van der Waals surface area contributed by atoms with Crippen molar-refractivity contribution >= 4 is 0 Å². The lowest BCUT2D eigenvalue weighted by molar-refractivity contribution is 0.169. The molecule has 0 radical (unpaired) electrons. The molecule has 3 nitrogen and oxygen atoms in total. The van der Waals surface area contributed by atoms with Gasteiger partial charge in [0, 0.05) is 0 Å². The quantitative estimate of drug-likeness (QED) is 0.692. The highest BCUT2D eigenvalue weighted by Gasteiger charge is 2.39. The third-order valence-electron chi connectivity index (χ3n) is 4.82. The molecule has 1 aliphatic carbocycles. The fraction of sp³-hybridized carbons (Fsp3) is 0.600. The normalized spacial score (nSPS) is 22.9. The van der Waals surface area contributed by atoms with Crippen LogP contribution in [0.5, 0.6) is 11.5 Å². The average molecular weight is 247 g/mol. The molecule has 0 amide bonds. The molecule has 2 N–H and O–H groups in total. The van der Waals surface area contributed by atoms with E-state index in [4.69, 9.17) is 0 Å². The van der Waals surface area contributed by atoms with Crippen molar-refractivity contribution in [2.75, 3.05) is 20.1 Å². The van der Waals surface area contributed by atoms with Crippen molar-refractivity contribution in [2.24, 2.45) is 0 Å². The number of benzene rings is 1. The van der Waals surface area contributed by atoms with E-state index in [0.717, 1.165) is 19.5 Å². The van der Waals surface area contributed by atoms with E-state index < -0.39 is 0 Å². The minimum Gasteiger partial charge on any atom is -0.504 e. The van der Waals surface area contributed by atoms with E-state index in [-0.39, 0.29) is 16.9 Å². The molecule has 3 heteroatoms. The number of phenolic OH excluding ortho intramolecular Hbond substituents is 2. The molecule has 0 bridgehead atoms. The molecule has 0 aromatic heterocycles. The number of rotatable bonds is 0. The number of fused-ring (bicyclic) bond motifs is 2. The molecule has 1 heterocycles. The Kier molecular flexibility index (Phi) is 2.74. The molecule has 3 rings (SSSR count). The molecule has 1 spiro atoms. The van der Waals surface area contributed by atoms with Crippen molar-refractivity contribution in [2.45, 2.75) is 37.5 Å². The van der Waals surface area contributed by atoms with E-state index in [1.807, 2.05) is 6.07 Å². The first-order chi connectivity index (χ1) is 8.61. The second-order valence-corrected chi connectivity index (χ2v) is 5.94. The number of aryl methyl sites for hydroxylation is 1. The van der Waals surface area contributed by atoms with Crippen LogP contribution in [0.1, 0.15) is 36.8 Å². The van der Waals surface area contributed by atoms with Crippen molar-refractivity contribution in [1.82, 2.24) is 4.90 Å². The van der Waals surface area contributed by atoms with Crippen LogP contribution in [0, 0.1) is 0 Å². The molecule has 1 saturated heterocycles. The molecular formula is C15H21NO2. The topological polar surface area (TPSA) is 43.7 Å². The molecule has 0 saturated carbocycles. The summed E-state index contributed by atoms with van der Waals surface area (Å²) in [4.78, 5) is 2.37. The first-order valence-electron chi connectivity index (χ1n) is 6.85. The van der Waals surface area contributed by atoms with Crippen molar-refractivity contribution in [3.63, 3.8) is 0 Å².